The van der Waals surface area contributed by atoms with Crippen molar-refractivity contribution in [2.75, 3.05) is 12.4 Å². The van der Waals surface area contributed by atoms with Crippen molar-refractivity contribution in [3.8, 4) is 11.3 Å². The minimum absolute atomic E-state index is 0.0579. The van der Waals surface area contributed by atoms with Crippen LogP contribution in [0, 0.1) is 20.8 Å². The third kappa shape index (κ3) is 3.99. The molecule has 0 aliphatic heterocycles. The first-order valence-electron chi connectivity index (χ1n) is 10.2. The molecule has 3 heterocycles. The Hall–Kier alpha value is -3.94. The lowest BCUT2D eigenvalue weighted by molar-refractivity contribution is -0.128. The van der Waals surface area contributed by atoms with Gasteiger partial charge in [-0.15, -0.1) is 0 Å². The number of carbonyl (C=O) groups is 2. The van der Waals surface area contributed by atoms with Crippen LogP contribution in [0.3, 0.4) is 0 Å². The van der Waals surface area contributed by atoms with Crippen LogP contribution < -0.4 is 5.32 Å². The Morgan fingerprint density at radius 1 is 1.12 bits per heavy atom. The molecule has 0 fully saturated rings. The van der Waals surface area contributed by atoms with Crippen LogP contribution >= 0.6 is 0 Å². The highest BCUT2D eigenvalue weighted by Crippen LogP contribution is 2.31. The standard InChI is InChI=1S/C24H24N4O4/c1-13-10-18(15(3)31-13)21-11-19(22-14(2)27-32-24(22)26-21)23(30)25-20-9-7-6-8-17(20)12-28(5)16(4)29/h6-11H,12H2,1-5H3,(H,25,30). The average molecular weight is 432 g/mol. The molecule has 4 rings (SSSR count). The molecular formula is C24H24N4O4. The van der Waals surface area contributed by atoms with Crippen molar-refractivity contribution in [3.63, 3.8) is 0 Å². The number of nitrogens with zero attached hydrogens (tertiary/aromatic N) is 3. The van der Waals surface area contributed by atoms with Crippen molar-refractivity contribution in [1.29, 1.82) is 0 Å². The highest BCUT2D eigenvalue weighted by Gasteiger charge is 2.22. The summed E-state index contributed by atoms with van der Waals surface area (Å²) in [5, 5.41) is 7.54. The first-order chi connectivity index (χ1) is 15.2. The number of hydrogen-bond acceptors (Lipinski definition) is 6. The van der Waals surface area contributed by atoms with Crippen LogP contribution in [0.1, 0.15) is 40.1 Å². The summed E-state index contributed by atoms with van der Waals surface area (Å²) in [5.41, 5.74) is 4.07. The van der Waals surface area contributed by atoms with Gasteiger partial charge in [-0.2, -0.15) is 0 Å². The monoisotopic (exact) mass is 432 g/mol. The van der Waals surface area contributed by atoms with E-state index in [4.69, 9.17) is 8.94 Å². The maximum Gasteiger partial charge on any atom is 0.259 e. The number of pyridine rings is 1. The molecule has 1 aromatic carbocycles. The highest BCUT2D eigenvalue weighted by atomic mass is 16.5. The number of aryl methyl sites for hydroxylation is 3. The molecule has 1 N–H and O–H groups in total. The van der Waals surface area contributed by atoms with Gasteiger partial charge in [-0.3, -0.25) is 9.59 Å². The first-order valence-corrected chi connectivity index (χ1v) is 10.2. The summed E-state index contributed by atoms with van der Waals surface area (Å²) < 4.78 is 11.0. The first kappa shape index (κ1) is 21.3. The Morgan fingerprint density at radius 3 is 2.56 bits per heavy atom. The topological polar surface area (TPSA) is 101 Å². The van der Waals surface area contributed by atoms with Gasteiger partial charge in [0.1, 0.15) is 11.5 Å². The number of anilines is 1. The molecule has 32 heavy (non-hydrogen) atoms. The average Bonchev–Trinajstić information content (AvgIpc) is 3.29. The highest BCUT2D eigenvalue weighted by molar-refractivity contribution is 6.13. The summed E-state index contributed by atoms with van der Waals surface area (Å²) in [6.07, 6.45) is 0. The Kier molecular flexibility index (Phi) is 5.52. The lowest BCUT2D eigenvalue weighted by Gasteiger charge is -2.18. The molecule has 3 aromatic heterocycles. The van der Waals surface area contributed by atoms with E-state index in [0.717, 1.165) is 16.9 Å². The fourth-order valence-electron chi connectivity index (χ4n) is 3.63. The van der Waals surface area contributed by atoms with Gasteiger partial charge in [-0.1, -0.05) is 23.4 Å². The number of para-hydroxylation sites is 1. The van der Waals surface area contributed by atoms with E-state index in [2.05, 4.69) is 15.5 Å². The Balaban J connectivity index is 1.76. The van der Waals surface area contributed by atoms with Gasteiger partial charge in [0.05, 0.1) is 22.3 Å². The van der Waals surface area contributed by atoms with E-state index in [1.165, 1.54) is 6.92 Å². The Labute approximate surface area is 185 Å². The summed E-state index contributed by atoms with van der Waals surface area (Å²) in [6.45, 7) is 7.36. The lowest BCUT2D eigenvalue weighted by atomic mass is 10.0. The van der Waals surface area contributed by atoms with E-state index in [1.807, 2.05) is 44.2 Å². The smallest absolute Gasteiger partial charge is 0.259 e. The molecule has 4 aromatic rings. The molecule has 8 nitrogen and oxygen atoms in total. The quantitative estimate of drug-likeness (QED) is 0.493. The number of carbonyl (C=O) groups excluding carboxylic acids is 2. The van der Waals surface area contributed by atoms with Gasteiger partial charge in [-0.25, -0.2) is 4.98 Å². The van der Waals surface area contributed by atoms with E-state index in [9.17, 15) is 9.59 Å². The fraction of sp³-hybridized carbons (Fsp3) is 0.250. The van der Waals surface area contributed by atoms with Crippen LogP contribution in [0.5, 0.6) is 0 Å². The fourth-order valence-corrected chi connectivity index (χ4v) is 3.63. The number of nitrogens with one attached hydrogen (secondary N) is 1. The predicted molar refractivity (Wildman–Crippen MR) is 120 cm³/mol. The Bertz CT molecular complexity index is 1340. The van der Waals surface area contributed by atoms with Gasteiger partial charge in [0, 0.05) is 31.8 Å². The van der Waals surface area contributed by atoms with Crippen LogP contribution in [0.15, 0.2) is 45.3 Å². The molecule has 0 saturated carbocycles. The van der Waals surface area contributed by atoms with Crippen molar-refractivity contribution >= 4 is 28.6 Å². The zero-order valence-corrected chi connectivity index (χ0v) is 18.6. The molecule has 0 bridgehead atoms. The summed E-state index contributed by atoms with van der Waals surface area (Å²) in [6, 6.07) is 11.0. The van der Waals surface area contributed by atoms with Crippen molar-refractivity contribution in [3.05, 3.63) is 64.7 Å². The molecule has 0 saturated heterocycles. The largest absolute Gasteiger partial charge is 0.466 e. The molecule has 0 aliphatic rings. The minimum Gasteiger partial charge on any atom is -0.466 e. The molecule has 0 atom stereocenters. The van der Waals surface area contributed by atoms with Gasteiger partial charge in [0.25, 0.3) is 11.6 Å². The maximum atomic E-state index is 13.4. The second-order valence-electron chi connectivity index (χ2n) is 7.82. The normalized spacial score (nSPS) is 11.0. The molecule has 8 heteroatoms. The van der Waals surface area contributed by atoms with Crippen LogP contribution in [-0.4, -0.2) is 33.9 Å². The van der Waals surface area contributed by atoms with Gasteiger partial charge >= 0.3 is 0 Å². The number of fused-ring (bicyclic) bond motifs is 1. The van der Waals surface area contributed by atoms with Gasteiger partial charge in [-0.05, 0) is 44.5 Å². The zero-order valence-electron chi connectivity index (χ0n) is 18.6. The predicted octanol–water partition coefficient (Wildman–Crippen LogP) is 4.64. The minimum atomic E-state index is -0.319. The van der Waals surface area contributed by atoms with Crippen molar-refractivity contribution < 1.29 is 18.5 Å². The van der Waals surface area contributed by atoms with Crippen molar-refractivity contribution in [2.45, 2.75) is 34.2 Å². The molecule has 0 aliphatic carbocycles. The summed E-state index contributed by atoms with van der Waals surface area (Å²) >= 11 is 0. The van der Waals surface area contributed by atoms with Crippen LogP contribution in [0.2, 0.25) is 0 Å². The van der Waals surface area contributed by atoms with E-state index in [1.54, 1.807) is 24.9 Å². The van der Waals surface area contributed by atoms with Crippen molar-refractivity contribution in [2.24, 2.45) is 0 Å². The Morgan fingerprint density at radius 2 is 1.88 bits per heavy atom. The van der Waals surface area contributed by atoms with Crippen molar-refractivity contribution in [1.82, 2.24) is 15.0 Å². The van der Waals surface area contributed by atoms with Crippen LogP contribution in [0.4, 0.5) is 5.69 Å². The van der Waals surface area contributed by atoms with Gasteiger partial charge < -0.3 is 19.2 Å². The molecular weight excluding hydrogens is 408 g/mol. The van der Waals surface area contributed by atoms with Gasteiger partial charge in [0.2, 0.25) is 5.91 Å². The summed E-state index contributed by atoms with van der Waals surface area (Å²) in [4.78, 5) is 31.2. The SMILES string of the molecule is CC(=O)N(C)Cc1ccccc1NC(=O)c1cc(-c2cc(C)oc2C)nc2onc(C)c12. The third-order valence-electron chi connectivity index (χ3n) is 5.39. The zero-order chi connectivity index (χ0) is 23.0. The van der Waals surface area contributed by atoms with E-state index >= 15 is 0 Å². The molecule has 0 spiro atoms. The lowest BCUT2D eigenvalue weighted by Crippen LogP contribution is -2.24. The number of amides is 2. The van der Waals surface area contributed by atoms with E-state index in [0.29, 0.717) is 40.3 Å². The number of aromatic nitrogens is 2. The number of hydrogen-bond donors (Lipinski definition) is 1. The molecule has 0 unspecified atom stereocenters. The second kappa shape index (κ2) is 8.30. The summed E-state index contributed by atoms with van der Waals surface area (Å²) in [7, 11) is 1.72. The second-order valence-corrected chi connectivity index (χ2v) is 7.82. The van der Waals surface area contributed by atoms with Crippen LogP contribution in [0.25, 0.3) is 22.4 Å². The number of furan rings is 1. The number of benzene rings is 1. The summed E-state index contributed by atoms with van der Waals surface area (Å²) in [5.74, 6) is 1.08. The number of rotatable bonds is 5. The molecule has 2 amide bonds. The molecule has 0 radical (unpaired) electrons. The van der Waals surface area contributed by atoms with E-state index < -0.39 is 0 Å². The molecule has 164 valence electrons. The van der Waals surface area contributed by atoms with Gasteiger partial charge in [0.15, 0.2) is 0 Å². The van der Waals surface area contributed by atoms with Crippen LogP contribution in [-0.2, 0) is 11.3 Å². The van der Waals surface area contributed by atoms with E-state index in [-0.39, 0.29) is 17.5 Å². The third-order valence-corrected chi connectivity index (χ3v) is 5.39. The maximum absolute atomic E-state index is 13.4.